The van der Waals surface area contributed by atoms with Crippen LogP contribution in [0.1, 0.15) is 6.42 Å². The number of hydrogen-bond donors (Lipinski definition) is 1. The molecule has 7 nitrogen and oxygen atoms in total. The predicted molar refractivity (Wildman–Crippen MR) is 100 cm³/mol. The molecule has 0 saturated carbocycles. The molecule has 1 amide bonds. The number of carbonyl (C=O) groups is 1. The van der Waals surface area contributed by atoms with Crippen LogP contribution in [0, 0.1) is 0 Å². The normalized spacial score (nSPS) is 10.6. The lowest BCUT2D eigenvalue weighted by Crippen LogP contribution is -2.30. The fourth-order valence-electron chi connectivity index (χ4n) is 2.38. The van der Waals surface area contributed by atoms with Crippen LogP contribution in [0.4, 0.5) is 0 Å². The van der Waals surface area contributed by atoms with Crippen molar-refractivity contribution in [2.45, 2.75) is 6.42 Å². The summed E-state index contributed by atoms with van der Waals surface area (Å²) < 4.78 is 15.7. The Hall–Kier alpha value is -3.19. The van der Waals surface area contributed by atoms with Gasteiger partial charge in [-0.15, -0.1) is 0 Å². The molecule has 0 unspecified atom stereocenters. The quantitative estimate of drug-likeness (QED) is 0.585. The van der Waals surface area contributed by atoms with Gasteiger partial charge in [0, 0.05) is 31.4 Å². The summed E-state index contributed by atoms with van der Waals surface area (Å²) in [5.74, 6) is 1.39. The molecule has 1 N–H and O–H groups in total. The third kappa shape index (κ3) is 5.39. The zero-order valence-corrected chi connectivity index (χ0v) is 15.1. The molecule has 140 valence electrons. The summed E-state index contributed by atoms with van der Waals surface area (Å²) in [5, 5.41) is 6.77. The predicted octanol–water partition coefficient (Wildman–Crippen LogP) is 2.94. The summed E-state index contributed by atoms with van der Waals surface area (Å²) in [7, 11) is 1.63. The van der Waals surface area contributed by atoms with Crippen LogP contribution in [0.3, 0.4) is 0 Å². The van der Waals surface area contributed by atoms with Crippen molar-refractivity contribution in [2.24, 2.45) is 0 Å². The smallest absolute Gasteiger partial charge is 0.258 e. The van der Waals surface area contributed by atoms with Gasteiger partial charge in [0.05, 0.1) is 0 Å². The van der Waals surface area contributed by atoms with Gasteiger partial charge in [0.2, 0.25) is 5.82 Å². The average molecular weight is 367 g/mol. The number of rotatable bonds is 9. The topological polar surface area (TPSA) is 86.5 Å². The van der Waals surface area contributed by atoms with Gasteiger partial charge in [-0.05, 0) is 30.7 Å². The highest BCUT2D eigenvalue weighted by Gasteiger charge is 2.10. The van der Waals surface area contributed by atoms with E-state index in [0.29, 0.717) is 30.6 Å². The second-order valence-electron chi connectivity index (χ2n) is 5.80. The first-order chi connectivity index (χ1) is 13.3. The summed E-state index contributed by atoms with van der Waals surface area (Å²) in [6, 6.07) is 16.8. The van der Waals surface area contributed by atoms with Crippen LogP contribution in [0.15, 0.2) is 59.1 Å². The molecule has 0 aliphatic carbocycles. The number of aromatic nitrogens is 2. The molecule has 2 aromatic carbocycles. The number of carbonyl (C=O) groups excluding carboxylic acids is 1. The van der Waals surface area contributed by atoms with Crippen LogP contribution in [0.2, 0.25) is 0 Å². The van der Waals surface area contributed by atoms with Crippen LogP contribution < -0.4 is 10.1 Å². The van der Waals surface area contributed by atoms with E-state index in [1.165, 1.54) is 0 Å². The van der Waals surface area contributed by atoms with Crippen molar-refractivity contribution in [2.75, 3.05) is 26.9 Å². The van der Waals surface area contributed by atoms with Gasteiger partial charge in [0.1, 0.15) is 5.75 Å². The van der Waals surface area contributed by atoms with E-state index in [1.54, 1.807) is 19.2 Å². The van der Waals surface area contributed by atoms with Crippen LogP contribution in [0.5, 0.6) is 5.75 Å². The lowest BCUT2D eigenvalue weighted by Gasteiger charge is -2.07. The van der Waals surface area contributed by atoms with Crippen molar-refractivity contribution in [3.8, 4) is 28.6 Å². The number of hydrogen-bond acceptors (Lipinski definition) is 6. The highest BCUT2D eigenvalue weighted by atomic mass is 16.5. The lowest BCUT2D eigenvalue weighted by molar-refractivity contribution is -0.123. The molecule has 0 radical (unpaired) electrons. The summed E-state index contributed by atoms with van der Waals surface area (Å²) in [5.41, 5.74) is 1.67. The average Bonchev–Trinajstić information content (AvgIpc) is 3.21. The van der Waals surface area contributed by atoms with Crippen molar-refractivity contribution >= 4 is 5.91 Å². The molecule has 0 bridgehead atoms. The van der Waals surface area contributed by atoms with Crippen molar-refractivity contribution in [3.05, 3.63) is 54.6 Å². The Labute approximate surface area is 157 Å². The molecule has 0 atom stereocenters. The maximum Gasteiger partial charge on any atom is 0.258 e. The minimum absolute atomic E-state index is 0.0367. The van der Waals surface area contributed by atoms with E-state index in [1.807, 2.05) is 42.5 Å². The summed E-state index contributed by atoms with van der Waals surface area (Å²) in [6.45, 7) is 1.14. The van der Waals surface area contributed by atoms with Crippen molar-refractivity contribution in [1.29, 1.82) is 0 Å². The van der Waals surface area contributed by atoms with E-state index >= 15 is 0 Å². The molecule has 0 saturated heterocycles. The van der Waals surface area contributed by atoms with Gasteiger partial charge in [-0.2, -0.15) is 4.98 Å². The number of methoxy groups -OCH3 is 1. The zero-order chi connectivity index (χ0) is 18.9. The summed E-state index contributed by atoms with van der Waals surface area (Å²) in [4.78, 5) is 16.1. The van der Waals surface area contributed by atoms with E-state index < -0.39 is 0 Å². The van der Waals surface area contributed by atoms with Crippen LogP contribution in [0.25, 0.3) is 22.8 Å². The summed E-state index contributed by atoms with van der Waals surface area (Å²) >= 11 is 0. The molecule has 1 aromatic heterocycles. The van der Waals surface area contributed by atoms with Gasteiger partial charge in [-0.25, -0.2) is 0 Å². The molecule has 3 rings (SSSR count). The van der Waals surface area contributed by atoms with Gasteiger partial charge in [0.25, 0.3) is 11.8 Å². The Balaban J connectivity index is 1.53. The Morgan fingerprint density at radius 3 is 2.59 bits per heavy atom. The van der Waals surface area contributed by atoms with E-state index in [9.17, 15) is 4.79 Å². The van der Waals surface area contributed by atoms with E-state index in [4.69, 9.17) is 14.0 Å². The Morgan fingerprint density at radius 1 is 1.07 bits per heavy atom. The van der Waals surface area contributed by atoms with Gasteiger partial charge in [0.15, 0.2) is 6.61 Å². The molecule has 7 heteroatoms. The fourth-order valence-corrected chi connectivity index (χ4v) is 2.38. The largest absolute Gasteiger partial charge is 0.484 e. The third-order valence-corrected chi connectivity index (χ3v) is 3.78. The number of nitrogens with zero attached hydrogens (tertiary/aromatic N) is 2. The minimum Gasteiger partial charge on any atom is -0.484 e. The number of nitrogens with one attached hydrogen (secondary N) is 1. The highest BCUT2D eigenvalue weighted by molar-refractivity contribution is 5.77. The maximum atomic E-state index is 11.7. The second kappa shape index (κ2) is 9.49. The molecule has 3 aromatic rings. The first kappa shape index (κ1) is 18.6. The Bertz CT molecular complexity index is 847. The standard InChI is InChI=1S/C20H21N3O4/c1-25-13-5-12-21-18(24)14-26-17-10-8-16(9-11-17)20-22-19(23-27-20)15-6-3-2-4-7-15/h2-4,6-11H,5,12-14H2,1H3,(H,21,24). The van der Waals surface area contributed by atoms with Crippen LogP contribution in [-0.4, -0.2) is 42.9 Å². The van der Waals surface area contributed by atoms with Crippen molar-refractivity contribution in [3.63, 3.8) is 0 Å². The molecule has 27 heavy (non-hydrogen) atoms. The molecule has 0 aliphatic rings. The zero-order valence-electron chi connectivity index (χ0n) is 15.1. The molecule has 0 spiro atoms. The minimum atomic E-state index is -0.167. The molecular weight excluding hydrogens is 346 g/mol. The van der Waals surface area contributed by atoms with E-state index in [2.05, 4.69) is 15.5 Å². The Kier molecular flexibility index (Phi) is 6.54. The van der Waals surface area contributed by atoms with Crippen molar-refractivity contribution in [1.82, 2.24) is 15.5 Å². The summed E-state index contributed by atoms with van der Waals surface area (Å²) in [6.07, 6.45) is 0.770. The van der Waals surface area contributed by atoms with E-state index in [0.717, 1.165) is 17.5 Å². The Morgan fingerprint density at radius 2 is 1.85 bits per heavy atom. The SMILES string of the molecule is COCCCNC(=O)COc1ccc(-c2nc(-c3ccccc3)no2)cc1. The molecular formula is C20H21N3O4. The fraction of sp³-hybridized carbons (Fsp3) is 0.250. The monoisotopic (exact) mass is 367 g/mol. The maximum absolute atomic E-state index is 11.7. The van der Waals surface area contributed by atoms with Gasteiger partial charge >= 0.3 is 0 Å². The first-order valence-corrected chi connectivity index (χ1v) is 8.64. The van der Waals surface area contributed by atoms with Crippen molar-refractivity contribution < 1.29 is 18.8 Å². The van der Waals surface area contributed by atoms with Gasteiger partial charge in [-0.1, -0.05) is 35.5 Å². The number of ether oxygens (including phenoxy) is 2. The second-order valence-corrected chi connectivity index (χ2v) is 5.80. The van der Waals surface area contributed by atoms with Crippen LogP contribution in [-0.2, 0) is 9.53 Å². The number of amides is 1. The molecule has 0 aliphatic heterocycles. The van der Waals surface area contributed by atoms with E-state index in [-0.39, 0.29) is 12.5 Å². The van der Waals surface area contributed by atoms with Gasteiger partial charge in [-0.3, -0.25) is 4.79 Å². The number of benzene rings is 2. The highest BCUT2D eigenvalue weighted by Crippen LogP contribution is 2.24. The lowest BCUT2D eigenvalue weighted by atomic mass is 10.2. The van der Waals surface area contributed by atoms with Gasteiger partial charge < -0.3 is 19.3 Å². The van der Waals surface area contributed by atoms with Crippen LogP contribution >= 0.6 is 0 Å². The third-order valence-electron chi connectivity index (χ3n) is 3.78. The first-order valence-electron chi connectivity index (χ1n) is 8.64. The molecule has 1 heterocycles. The molecule has 0 fully saturated rings.